The molecule has 1 aliphatic rings. The summed E-state index contributed by atoms with van der Waals surface area (Å²) in [6.45, 7) is 4.13. The summed E-state index contributed by atoms with van der Waals surface area (Å²) in [6, 6.07) is 8.02. The van der Waals surface area contributed by atoms with E-state index in [9.17, 15) is 9.59 Å². The second kappa shape index (κ2) is 7.91. The van der Waals surface area contributed by atoms with Gasteiger partial charge in [0.15, 0.2) is 5.16 Å². The number of carbonyl (C=O) groups is 2. The number of aromatic nitrogens is 2. The van der Waals surface area contributed by atoms with E-state index in [1.165, 1.54) is 18.9 Å². The third kappa shape index (κ3) is 3.81. The van der Waals surface area contributed by atoms with Crippen LogP contribution in [0.15, 0.2) is 29.4 Å². The average Bonchev–Trinajstić information content (AvgIpc) is 3.03. The lowest BCUT2D eigenvalue weighted by Gasteiger charge is -2.30. The van der Waals surface area contributed by atoms with Gasteiger partial charge >= 0.3 is 5.97 Å². The first-order chi connectivity index (χ1) is 12.1. The molecule has 2 heterocycles. The molecule has 0 radical (unpaired) electrons. The van der Waals surface area contributed by atoms with Crippen LogP contribution in [0.2, 0.25) is 0 Å². The topological polar surface area (TPSA) is 64.4 Å². The van der Waals surface area contributed by atoms with Crippen LogP contribution in [-0.2, 0) is 20.9 Å². The normalized spacial score (nSPS) is 15.5. The molecule has 3 rings (SSSR count). The van der Waals surface area contributed by atoms with Crippen molar-refractivity contribution in [1.29, 1.82) is 0 Å². The third-order valence-corrected chi connectivity index (χ3v) is 5.60. The van der Waals surface area contributed by atoms with Gasteiger partial charge in [-0.1, -0.05) is 23.9 Å². The van der Waals surface area contributed by atoms with Gasteiger partial charge in [-0.2, -0.15) is 0 Å². The van der Waals surface area contributed by atoms with Crippen molar-refractivity contribution < 1.29 is 14.3 Å². The van der Waals surface area contributed by atoms with Crippen molar-refractivity contribution in [3.63, 3.8) is 0 Å². The number of methoxy groups -OCH3 is 1. The number of esters is 1. The molecule has 25 heavy (non-hydrogen) atoms. The van der Waals surface area contributed by atoms with Gasteiger partial charge < -0.3 is 14.2 Å². The Morgan fingerprint density at radius 3 is 2.68 bits per heavy atom. The standard InChI is InChI=1S/C18H23N3O3S/c1-3-21-15-7-5-4-6-14(15)19-18(21)25-12-16(22)20-10-8-13(9-11-20)17(23)24-2/h4-7,13H,3,8-12H2,1-2H3. The summed E-state index contributed by atoms with van der Waals surface area (Å²) in [6.07, 6.45) is 1.35. The number of ether oxygens (including phenoxy) is 1. The second-order valence-electron chi connectivity index (χ2n) is 6.09. The summed E-state index contributed by atoms with van der Waals surface area (Å²) in [7, 11) is 1.41. The van der Waals surface area contributed by atoms with Gasteiger partial charge in [0, 0.05) is 19.6 Å². The van der Waals surface area contributed by atoms with E-state index in [1.54, 1.807) is 0 Å². The number of benzene rings is 1. The molecule has 1 saturated heterocycles. The molecule has 1 aliphatic heterocycles. The number of hydrogen-bond acceptors (Lipinski definition) is 5. The number of rotatable bonds is 5. The van der Waals surface area contributed by atoms with Crippen molar-refractivity contribution in [1.82, 2.24) is 14.5 Å². The van der Waals surface area contributed by atoms with Crippen LogP contribution in [0.1, 0.15) is 19.8 Å². The monoisotopic (exact) mass is 361 g/mol. The van der Waals surface area contributed by atoms with Gasteiger partial charge in [0.2, 0.25) is 5.91 Å². The molecular weight excluding hydrogens is 338 g/mol. The molecule has 1 aromatic carbocycles. The van der Waals surface area contributed by atoms with Crippen molar-refractivity contribution in [3.8, 4) is 0 Å². The number of likely N-dealkylation sites (tertiary alicyclic amines) is 1. The summed E-state index contributed by atoms with van der Waals surface area (Å²) in [5.74, 6) is 0.221. The van der Waals surface area contributed by atoms with Gasteiger partial charge in [-0.05, 0) is 31.9 Å². The fourth-order valence-corrected chi connectivity index (χ4v) is 4.20. The number of fused-ring (bicyclic) bond motifs is 1. The highest BCUT2D eigenvalue weighted by Gasteiger charge is 2.28. The number of piperidine rings is 1. The lowest BCUT2D eigenvalue weighted by molar-refractivity contribution is -0.148. The smallest absolute Gasteiger partial charge is 0.308 e. The molecule has 1 fully saturated rings. The van der Waals surface area contributed by atoms with E-state index < -0.39 is 0 Å². The van der Waals surface area contributed by atoms with E-state index in [0.717, 1.165) is 22.7 Å². The van der Waals surface area contributed by atoms with Crippen molar-refractivity contribution in [2.45, 2.75) is 31.5 Å². The summed E-state index contributed by atoms with van der Waals surface area (Å²) >= 11 is 1.48. The predicted octanol–water partition coefficient (Wildman–Crippen LogP) is 2.56. The molecule has 0 bridgehead atoms. The minimum absolute atomic E-state index is 0.0778. The maximum absolute atomic E-state index is 12.5. The van der Waals surface area contributed by atoms with Gasteiger partial charge in [-0.3, -0.25) is 9.59 Å². The van der Waals surface area contributed by atoms with Crippen LogP contribution in [0.3, 0.4) is 0 Å². The molecule has 134 valence electrons. The van der Waals surface area contributed by atoms with Crippen molar-refractivity contribution in [2.75, 3.05) is 26.0 Å². The number of para-hydroxylation sites is 2. The van der Waals surface area contributed by atoms with Crippen molar-refractivity contribution in [3.05, 3.63) is 24.3 Å². The molecule has 0 N–H and O–H groups in total. The highest BCUT2D eigenvalue weighted by Crippen LogP contribution is 2.25. The Kier molecular flexibility index (Phi) is 5.63. The highest BCUT2D eigenvalue weighted by atomic mass is 32.2. The largest absolute Gasteiger partial charge is 0.469 e. The molecule has 0 aliphatic carbocycles. The van der Waals surface area contributed by atoms with Gasteiger partial charge in [0.1, 0.15) is 0 Å². The van der Waals surface area contributed by atoms with Crippen LogP contribution < -0.4 is 0 Å². The van der Waals surface area contributed by atoms with Crippen molar-refractivity contribution >= 4 is 34.7 Å². The van der Waals surface area contributed by atoms with Crippen LogP contribution >= 0.6 is 11.8 Å². The van der Waals surface area contributed by atoms with Crippen LogP contribution in [-0.4, -0.2) is 52.3 Å². The fourth-order valence-electron chi connectivity index (χ4n) is 3.22. The molecule has 6 nitrogen and oxygen atoms in total. The second-order valence-corrected chi connectivity index (χ2v) is 7.04. The summed E-state index contributed by atoms with van der Waals surface area (Å²) in [4.78, 5) is 30.5. The van der Waals surface area contributed by atoms with Gasteiger partial charge in [0.05, 0.1) is 29.8 Å². The van der Waals surface area contributed by atoms with Gasteiger partial charge in [-0.15, -0.1) is 0 Å². The number of imidazole rings is 1. The highest BCUT2D eigenvalue weighted by molar-refractivity contribution is 7.99. The number of aryl methyl sites for hydroxylation is 1. The number of thioether (sulfide) groups is 1. The quantitative estimate of drug-likeness (QED) is 0.605. The summed E-state index contributed by atoms with van der Waals surface area (Å²) in [5.41, 5.74) is 2.05. The van der Waals surface area contributed by atoms with E-state index in [4.69, 9.17) is 4.74 Å². The number of carbonyl (C=O) groups excluding carboxylic acids is 2. The third-order valence-electron chi connectivity index (χ3n) is 4.64. The maximum atomic E-state index is 12.5. The first-order valence-electron chi connectivity index (χ1n) is 8.57. The first-order valence-corrected chi connectivity index (χ1v) is 9.56. The molecule has 0 spiro atoms. The molecule has 0 unspecified atom stereocenters. The van der Waals surface area contributed by atoms with E-state index >= 15 is 0 Å². The zero-order valence-electron chi connectivity index (χ0n) is 14.6. The maximum Gasteiger partial charge on any atom is 0.308 e. The van der Waals surface area contributed by atoms with E-state index in [0.29, 0.717) is 31.7 Å². The predicted molar refractivity (Wildman–Crippen MR) is 97.5 cm³/mol. The van der Waals surface area contributed by atoms with Crippen LogP contribution in [0, 0.1) is 5.92 Å². The molecule has 7 heteroatoms. The van der Waals surface area contributed by atoms with E-state index in [2.05, 4.69) is 22.5 Å². The molecule has 0 atom stereocenters. The lowest BCUT2D eigenvalue weighted by atomic mass is 9.97. The van der Waals surface area contributed by atoms with Gasteiger partial charge in [-0.25, -0.2) is 4.98 Å². The van der Waals surface area contributed by atoms with E-state index in [1.807, 2.05) is 23.1 Å². The Morgan fingerprint density at radius 1 is 1.28 bits per heavy atom. The van der Waals surface area contributed by atoms with Gasteiger partial charge in [0.25, 0.3) is 0 Å². The summed E-state index contributed by atoms with van der Waals surface area (Å²) < 4.78 is 6.92. The number of amides is 1. The molecular formula is C18H23N3O3S. The molecule has 0 saturated carbocycles. The Morgan fingerprint density at radius 2 is 2.00 bits per heavy atom. The first kappa shape index (κ1) is 17.8. The number of hydrogen-bond donors (Lipinski definition) is 0. The minimum Gasteiger partial charge on any atom is -0.469 e. The average molecular weight is 361 g/mol. The Balaban J connectivity index is 1.59. The minimum atomic E-state index is -0.168. The van der Waals surface area contributed by atoms with Crippen molar-refractivity contribution in [2.24, 2.45) is 5.92 Å². The van der Waals surface area contributed by atoms with Crippen LogP contribution in [0.4, 0.5) is 0 Å². The number of nitrogens with zero attached hydrogens (tertiary/aromatic N) is 3. The molecule has 2 aromatic rings. The lowest BCUT2D eigenvalue weighted by Crippen LogP contribution is -2.41. The zero-order valence-corrected chi connectivity index (χ0v) is 15.4. The molecule has 1 aromatic heterocycles. The SMILES string of the molecule is CCn1c(SCC(=O)N2CCC(C(=O)OC)CC2)nc2ccccc21. The summed E-state index contributed by atoms with van der Waals surface area (Å²) in [5, 5.41) is 0.876. The van der Waals surface area contributed by atoms with Crippen LogP contribution in [0.25, 0.3) is 11.0 Å². The molecule has 1 amide bonds. The van der Waals surface area contributed by atoms with E-state index in [-0.39, 0.29) is 17.8 Å². The van der Waals surface area contributed by atoms with Crippen LogP contribution in [0.5, 0.6) is 0 Å². The Labute approximate surface area is 151 Å². The zero-order chi connectivity index (χ0) is 17.8. The Hall–Kier alpha value is -2.02. The fraction of sp³-hybridized carbons (Fsp3) is 0.500. The Bertz CT molecular complexity index is 766.